The number of hydrogen-bond donors (Lipinski definition) is 0. The Kier molecular flexibility index (Phi) is 3.69. The minimum atomic E-state index is -0.715. The van der Waals surface area contributed by atoms with Crippen LogP contribution in [0, 0.1) is 11.6 Å². The Morgan fingerprint density at radius 3 is 2.40 bits per heavy atom. The second kappa shape index (κ2) is 5.89. The van der Waals surface area contributed by atoms with Gasteiger partial charge in [-0.15, -0.1) is 0 Å². The molecule has 0 amide bonds. The highest BCUT2D eigenvalue weighted by Crippen LogP contribution is 2.30. The molecule has 0 saturated carbocycles. The average Bonchev–Trinajstić information content (AvgIpc) is 2.92. The van der Waals surface area contributed by atoms with Crippen LogP contribution in [0.15, 0.2) is 48.7 Å². The Labute approximate surface area is 146 Å². The Morgan fingerprint density at radius 1 is 0.960 bits per heavy atom. The smallest absolute Gasteiger partial charge is 0.167 e. The maximum atomic E-state index is 14.0. The third-order valence-electron chi connectivity index (χ3n) is 3.91. The summed E-state index contributed by atoms with van der Waals surface area (Å²) in [6.07, 6.45) is 1.45. The molecule has 0 aliphatic rings. The predicted octanol–water partition coefficient (Wildman–Crippen LogP) is 4.63. The van der Waals surface area contributed by atoms with E-state index in [2.05, 4.69) is 15.0 Å². The quantitative estimate of drug-likeness (QED) is 0.526. The second-order valence-corrected chi connectivity index (χ2v) is 5.88. The predicted molar refractivity (Wildman–Crippen MR) is 92.1 cm³/mol. The van der Waals surface area contributed by atoms with Crippen LogP contribution in [0.2, 0.25) is 5.02 Å². The summed E-state index contributed by atoms with van der Waals surface area (Å²) >= 11 is 6.24. The molecule has 0 spiro atoms. The molecule has 0 atom stereocenters. The maximum Gasteiger partial charge on any atom is 0.167 e. The summed E-state index contributed by atoms with van der Waals surface area (Å²) in [4.78, 5) is 12.9. The summed E-state index contributed by atoms with van der Waals surface area (Å²) in [5, 5.41) is 0.550. The zero-order valence-corrected chi connectivity index (χ0v) is 13.8. The molecule has 0 fully saturated rings. The molecule has 25 heavy (non-hydrogen) atoms. The van der Waals surface area contributed by atoms with Crippen LogP contribution in [0.3, 0.4) is 0 Å². The highest BCUT2D eigenvalue weighted by atomic mass is 35.5. The number of imidazole rings is 1. The van der Waals surface area contributed by atoms with Crippen LogP contribution in [-0.4, -0.2) is 19.5 Å². The molecule has 124 valence electrons. The van der Waals surface area contributed by atoms with Gasteiger partial charge in [-0.05, 0) is 24.3 Å². The molecule has 7 heteroatoms. The first-order valence-electron chi connectivity index (χ1n) is 7.45. The number of aryl methyl sites for hydroxylation is 1. The summed E-state index contributed by atoms with van der Waals surface area (Å²) in [5.41, 5.74) is 1.45. The zero-order chi connectivity index (χ0) is 17.6. The normalized spacial score (nSPS) is 11.2. The van der Waals surface area contributed by atoms with E-state index < -0.39 is 11.6 Å². The van der Waals surface area contributed by atoms with Gasteiger partial charge >= 0.3 is 0 Å². The first-order chi connectivity index (χ1) is 12.1. The fourth-order valence-electron chi connectivity index (χ4n) is 2.70. The van der Waals surface area contributed by atoms with Gasteiger partial charge in [-0.2, -0.15) is 0 Å². The minimum absolute atomic E-state index is 0.0307. The van der Waals surface area contributed by atoms with Crippen molar-refractivity contribution in [3.8, 4) is 22.8 Å². The number of rotatable bonds is 2. The van der Waals surface area contributed by atoms with E-state index in [1.165, 1.54) is 24.4 Å². The topological polar surface area (TPSA) is 43.6 Å². The highest BCUT2D eigenvalue weighted by molar-refractivity contribution is 6.33. The van der Waals surface area contributed by atoms with Crippen molar-refractivity contribution >= 4 is 22.8 Å². The molecule has 0 N–H and O–H groups in total. The highest BCUT2D eigenvalue weighted by Gasteiger charge is 2.18. The van der Waals surface area contributed by atoms with E-state index in [-0.39, 0.29) is 11.4 Å². The van der Waals surface area contributed by atoms with Crippen molar-refractivity contribution in [2.75, 3.05) is 0 Å². The first-order valence-corrected chi connectivity index (χ1v) is 7.83. The van der Waals surface area contributed by atoms with Crippen molar-refractivity contribution < 1.29 is 8.78 Å². The number of hydrogen-bond acceptors (Lipinski definition) is 3. The minimum Gasteiger partial charge on any atom is -0.312 e. The van der Waals surface area contributed by atoms with Gasteiger partial charge in [0.2, 0.25) is 0 Å². The molecular weight excluding hydrogens is 346 g/mol. The van der Waals surface area contributed by atoms with Crippen molar-refractivity contribution in [2.24, 2.45) is 7.05 Å². The summed E-state index contributed by atoms with van der Waals surface area (Å²) in [5.74, 6) is -0.862. The van der Waals surface area contributed by atoms with Crippen LogP contribution in [0.5, 0.6) is 0 Å². The number of fused-ring (bicyclic) bond motifs is 1. The van der Waals surface area contributed by atoms with E-state index in [1.54, 1.807) is 17.7 Å². The van der Waals surface area contributed by atoms with Crippen molar-refractivity contribution in [1.82, 2.24) is 19.5 Å². The second-order valence-electron chi connectivity index (χ2n) is 5.47. The summed E-state index contributed by atoms with van der Waals surface area (Å²) in [7, 11) is 1.77. The van der Waals surface area contributed by atoms with E-state index in [9.17, 15) is 8.78 Å². The lowest BCUT2D eigenvalue weighted by atomic mass is 10.2. The summed E-state index contributed by atoms with van der Waals surface area (Å²) in [6.45, 7) is 0. The summed E-state index contributed by atoms with van der Waals surface area (Å²) in [6, 6.07) is 10.9. The third-order valence-corrected chi connectivity index (χ3v) is 4.24. The molecule has 2 aromatic heterocycles. The first kappa shape index (κ1) is 15.7. The van der Waals surface area contributed by atoms with Gasteiger partial charge in [-0.25, -0.2) is 23.7 Å². The SMILES string of the molecule is Cn1c(-c2ccccc2Cl)nc2cnc(-c3c(F)cccc3F)nc21. The van der Waals surface area contributed by atoms with Gasteiger partial charge in [-0.1, -0.05) is 29.8 Å². The van der Waals surface area contributed by atoms with Gasteiger partial charge in [0.25, 0.3) is 0 Å². The fourth-order valence-corrected chi connectivity index (χ4v) is 2.92. The molecule has 0 aliphatic carbocycles. The molecular formula is C18H11ClF2N4. The van der Waals surface area contributed by atoms with Gasteiger partial charge < -0.3 is 4.57 Å². The average molecular weight is 357 g/mol. The maximum absolute atomic E-state index is 14.0. The lowest BCUT2D eigenvalue weighted by Crippen LogP contribution is -1.99. The van der Waals surface area contributed by atoms with Crippen molar-refractivity contribution in [3.05, 3.63) is 65.3 Å². The van der Waals surface area contributed by atoms with E-state index in [0.29, 0.717) is 22.0 Å². The van der Waals surface area contributed by atoms with E-state index in [4.69, 9.17) is 11.6 Å². The van der Waals surface area contributed by atoms with E-state index in [0.717, 1.165) is 5.56 Å². The van der Waals surface area contributed by atoms with Gasteiger partial charge in [0.05, 0.1) is 16.8 Å². The number of halogens is 3. The number of nitrogens with zero attached hydrogens (tertiary/aromatic N) is 4. The Morgan fingerprint density at radius 2 is 1.68 bits per heavy atom. The van der Waals surface area contributed by atoms with Crippen LogP contribution in [-0.2, 0) is 7.05 Å². The van der Waals surface area contributed by atoms with Crippen LogP contribution in [0.25, 0.3) is 33.9 Å². The molecule has 2 heterocycles. The third kappa shape index (κ3) is 2.55. The van der Waals surface area contributed by atoms with E-state index >= 15 is 0 Å². The van der Waals surface area contributed by atoms with Gasteiger partial charge in [0, 0.05) is 12.6 Å². The molecule has 2 aromatic carbocycles. The van der Waals surface area contributed by atoms with Crippen LogP contribution < -0.4 is 0 Å². The Bertz CT molecular complexity index is 1090. The fraction of sp³-hybridized carbons (Fsp3) is 0.0556. The molecule has 0 radical (unpaired) electrons. The van der Waals surface area contributed by atoms with Crippen molar-refractivity contribution in [2.45, 2.75) is 0 Å². The molecule has 0 bridgehead atoms. The van der Waals surface area contributed by atoms with Crippen LogP contribution in [0.1, 0.15) is 0 Å². The van der Waals surface area contributed by atoms with Crippen LogP contribution >= 0.6 is 11.6 Å². The zero-order valence-electron chi connectivity index (χ0n) is 13.0. The molecule has 4 nitrogen and oxygen atoms in total. The molecule has 0 unspecified atom stereocenters. The van der Waals surface area contributed by atoms with Crippen LogP contribution in [0.4, 0.5) is 8.78 Å². The van der Waals surface area contributed by atoms with Crippen molar-refractivity contribution in [1.29, 1.82) is 0 Å². The van der Waals surface area contributed by atoms with Gasteiger partial charge in [-0.3, -0.25) is 0 Å². The van der Waals surface area contributed by atoms with E-state index in [1.807, 2.05) is 18.2 Å². The monoisotopic (exact) mass is 356 g/mol. The Hall–Kier alpha value is -2.86. The Balaban J connectivity index is 1.93. The molecule has 0 saturated heterocycles. The molecule has 0 aliphatic heterocycles. The number of aromatic nitrogens is 4. The summed E-state index contributed by atoms with van der Waals surface area (Å²) < 4.78 is 29.7. The van der Waals surface area contributed by atoms with Gasteiger partial charge in [0.15, 0.2) is 11.5 Å². The lowest BCUT2D eigenvalue weighted by molar-refractivity contribution is 0.587. The standard InChI is InChI=1S/C18H11ClF2N4/c1-25-17(10-5-2-3-6-11(10)19)23-14-9-22-16(24-18(14)25)15-12(20)7-4-8-13(15)21/h2-9H,1H3. The van der Waals surface area contributed by atoms with Gasteiger partial charge in [0.1, 0.15) is 23.0 Å². The largest absolute Gasteiger partial charge is 0.312 e. The van der Waals surface area contributed by atoms with Crippen molar-refractivity contribution in [3.63, 3.8) is 0 Å². The molecule has 4 aromatic rings. The number of benzene rings is 2. The lowest BCUT2D eigenvalue weighted by Gasteiger charge is -2.05. The molecule has 4 rings (SSSR count).